The summed E-state index contributed by atoms with van der Waals surface area (Å²) in [7, 11) is -2.23. The fourth-order valence-electron chi connectivity index (χ4n) is 3.45. The van der Waals surface area contributed by atoms with Crippen LogP contribution in [0.15, 0.2) is 83.8 Å². The molecule has 0 heterocycles. The molecule has 0 saturated heterocycles. The van der Waals surface area contributed by atoms with Gasteiger partial charge in [-0.1, -0.05) is 60.1 Å². The molecule has 1 aliphatic rings. The van der Waals surface area contributed by atoms with Crippen molar-refractivity contribution in [3.8, 4) is 0 Å². The number of hydrogen-bond acceptors (Lipinski definition) is 3. The Kier molecular flexibility index (Phi) is 6.03. The number of carbonyl (C=O) groups is 1. The van der Waals surface area contributed by atoms with Gasteiger partial charge in [0.15, 0.2) is 0 Å². The molecule has 3 aromatic rings. The fraction of sp³-hybridized carbons (Fsp3) is 0.208. The monoisotopic (exact) mass is 454 g/mol. The van der Waals surface area contributed by atoms with E-state index in [9.17, 15) is 13.2 Å². The van der Waals surface area contributed by atoms with Crippen LogP contribution in [-0.2, 0) is 16.6 Å². The minimum atomic E-state index is -3.98. The van der Waals surface area contributed by atoms with Crippen LogP contribution in [0.2, 0.25) is 5.02 Å². The first-order chi connectivity index (χ1) is 14.9. The van der Waals surface area contributed by atoms with E-state index in [1.54, 1.807) is 48.3 Å². The first-order valence-corrected chi connectivity index (χ1v) is 11.9. The molecule has 5 nitrogen and oxygen atoms in total. The van der Waals surface area contributed by atoms with E-state index in [1.165, 1.54) is 16.4 Å². The second-order valence-corrected chi connectivity index (χ2v) is 9.89. The lowest BCUT2D eigenvalue weighted by molar-refractivity contribution is 0.0785. The first kappa shape index (κ1) is 21.4. The van der Waals surface area contributed by atoms with Gasteiger partial charge in [0.05, 0.1) is 22.2 Å². The van der Waals surface area contributed by atoms with E-state index in [1.807, 2.05) is 30.3 Å². The summed E-state index contributed by atoms with van der Waals surface area (Å²) in [6.45, 7) is 0.118. The zero-order chi connectivity index (χ0) is 22.0. The largest absolute Gasteiger partial charge is 0.339 e. The maximum atomic E-state index is 13.7. The highest BCUT2D eigenvalue weighted by atomic mass is 35.5. The maximum Gasteiger partial charge on any atom is 0.264 e. The molecule has 0 N–H and O–H groups in total. The van der Waals surface area contributed by atoms with E-state index < -0.39 is 10.0 Å². The van der Waals surface area contributed by atoms with Gasteiger partial charge in [0, 0.05) is 18.7 Å². The van der Waals surface area contributed by atoms with E-state index >= 15 is 0 Å². The van der Waals surface area contributed by atoms with Gasteiger partial charge in [-0.15, -0.1) is 0 Å². The molecule has 0 aromatic heterocycles. The second kappa shape index (κ2) is 8.73. The summed E-state index contributed by atoms with van der Waals surface area (Å²) >= 11 is 6.38. The molecule has 1 saturated carbocycles. The van der Waals surface area contributed by atoms with Crippen LogP contribution in [0.1, 0.15) is 28.8 Å². The number of carbonyl (C=O) groups excluding carboxylic acids is 1. The van der Waals surface area contributed by atoms with Gasteiger partial charge in [-0.05, 0) is 48.7 Å². The molecule has 0 bridgehead atoms. The maximum absolute atomic E-state index is 13.7. The lowest BCUT2D eigenvalue weighted by Crippen LogP contribution is -2.32. The van der Waals surface area contributed by atoms with Crippen molar-refractivity contribution in [3.05, 3.63) is 95.0 Å². The minimum absolute atomic E-state index is 0.0541. The van der Waals surface area contributed by atoms with Crippen molar-refractivity contribution in [3.63, 3.8) is 0 Å². The minimum Gasteiger partial charge on any atom is -0.339 e. The molecule has 7 heteroatoms. The summed E-state index contributed by atoms with van der Waals surface area (Å²) < 4.78 is 28.7. The Labute approximate surface area is 187 Å². The number of sulfonamides is 1. The summed E-state index contributed by atoms with van der Waals surface area (Å²) in [5.41, 5.74) is 1.57. The molecule has 0 radical (unpaired) electrons. The van der Waals surface area contributed by atoms with E-state index in [-0.39, 0.29) is 23.4 Å². The Balaban J connectivity index is 1.74. The van der Waals surface area contributed by atoms with Gasteiger partial charge >= 0.3 is 0 Å². The Morgan fingerprint density at radius 3 is 2.32 bits per heavy atom. The summed E-state index contributed by atoms with van der Waals surface area (Å²) in [6.07, 6.45) is 1.97. The van der Waals surface area contributed by atoms with Crippen LogP contribution in [0.5, 0.6) is 0 Å². The number of hydrogen-bond donors (Lipinski definition) is 0. The standard InChI is InChI=1S/C24H23ClN2O3S/c1-26(20-14-15-20)24(28)19-10-7-11-21(16-19)31(29,30)27(17-18-8-3-2-4-9-18)23-13-6-5-12-22(23)25/h2-13,16,20H,14-15,17H2,1H3. The summed E-state index contributed by atoms with van der Waals surface area (Å²) in [5.74, 6) is -0.174. The number of rotatable bonds is 7. The van der Waals surface area contributed by atoms with Crippen LogP contribution in [0.3, 0.4) is 0 Å². The highest BCUT2D eigenvalue weighted by Crippen LogP contribution is 2.32. The number of para-hydroxylation sites is 1. The fourth-order valence-corrected chi connectivity index (χ4v) is 5.26. The summed E-state index contributed by atoms with van der Waals surface area (Å²) in [6, 6.07) is 22.6. The Bertz CT molecular complexity index is 1190. The van der Waals surface area contributed by atoms with Gasteiger partial charge in [0.1, 0.15) is 0 Å². The SMILES string of the molecule is CN(C(=O)c1cccc(S(=O)(=O)N(Cc2ccccc2)c2ccccc2Cl)c1)C1CC1. The Hall–Kier alpha value is -2.83. The molecule has 0 spiro atoms. The molecule has 0 aliphatic heterocycles. The molecule has 0 atom stereocenters. The Morgan fingerprint density at radius 2 is 1.65 bits per heavy atom. The van der Waals surface area contributed by atoms with Crippen molar-refractivity contribution < 1.29 is 13.2 Å². The van der Waals surface area contributed by atoms with Gasteiger partial charge in [-0.3, -0.25) is 9.10 Å². The molecule has 1 aliphatic carbocycles. The number of amides is 1. The number of benzene rings is 3. The van der Waals surface area contributed by atoms with E-state index in [0.29, 0.717) is 16.3 Å². The topological polar surface area (TPSA) is 57.7 Å². The highest BCUT2D eigenvalue weighted by molar-refractivity contribution is 7.92. The highest BCUT2D eigenvalue weighted by Gasteiger charge is 2.31. The second-order valence-electron chi connectivity index (χ2n) is 7.62. The van der Waals surface area contributed by atoms with Crippen molar-refractivity contribution in [1.29, 1.82) is 0 Å². The van der Waals surface area contributed by atoms with Crippen LogP contribution < -0.4 is 4.31 Å². The van der Waals surface area contributed by atoms with Gasteiger partial charge in [0.25, 0.3) is 15.9 Å². The van der Waals surface area contributed by atoms with Crippen molar-refractivity contribution in [2.24, 2.45) is 0 Å². The normalized spacial score (nSPS) is 13.6. The third kappa shape index (κ3) is 4.60. The third-order valence-electron chi connectivity index (χ3n) is 5.37. The smallest absolute Gasteiger partial charge is 0.264 e. The van der Waals surface area contributed by atoms with Crippen LogP contribution in [-0.4, -0.2) is 32.3 Å². The lowest BCUT2D eigenvalue weighted by atomic mass is 10.2. The Morgan fingerprint density at radius 1 is 0.968 bits per heavy atom. The van der Waals surface area contributed by atoms with Crippen molar-refractivity contribution in [2.45, 2.75) is 30.3 Å². The van der Waals surface area contributed by atoms with Gasteiger partial charge < -0.3 is 4.90 Å². The molecule has 1 fully saturated rings. The van der Waals surface area contributed by atoms with E-state index in [0.717, 1.165) is 18.4 Å². The zero-order valence-corrected chi connectivity index (χ0v) is 18.7. The molecule has 3 aromatic carbocycles. The quantitative estimate of drug-likeness (QED) is 0.506. The molecular weight excluding hydrogens is 432 g/mol. The van der Waals surface area contributed by atoms with E-state index in [2.05, 4.69) is 0 Å². The summed E-state index contributed by atoms with van der Waals surface area (Å²) in [4.78, 5) is 14.5. The molecule has 4 rings (SSSR count). The molecular formula is C24H23ClN2O3S. The number of anilines is 1. The van der Waals surface area contributed by atoms with Gasteiger partial charge in [-0.2, -0.15) is 0 Å². The van der Waals surface area contributed by atoms with Crippen LogP contribution in [0, 0.1) is 0 Å². The van der Waals surface area contributed by atoms with E-state index in [4.69, 9.17) is 11.6 Å². The van der Waals surface area contributed by atoms with Crippen molar-refractivity contribution in [1.82, 2.24) is 4.90 Å². The molecule has 31 heavy (non-hydrogen) atoms. The van der Waals surface area contributed by atoms with Gasteiger partial charge in [0.2, 0.25) is 0 Å². The predicted octanol–water partition coefficient (Wildman–Crippen LogP) is 4.97. The number of halogens is 1. The summed E-state index contributed by atoms with van der Waals surface area (Å²) in [5, 5.41) is 0.336. The van der Waals surface area contributed by atoms with Crippen LogP contribution in [0.4, 0.5) is 5.69 Å². The van der Waals surface area contributed by atoms with Gasteiger partial charge in [-0.25, -0.2) is 8.42 Å². The number of nitrogens with zero attached hydrogens (tertiary/aromatic N) is 2. The van der Waals surface area contributed by atoms with Crippen LogP contribution >= 0.6 is 11.6 Å². The molecule has 1 amide bonds. The molecule has 0 unspecified atom stereocenters. The average Bonchev–Trinajstić information content (AvgIpc) is 3.63. The average molecular weight is 455 g/mol. The van der Waals surface area contributed by atoms with Crippen LogP contribution in [0.25, 0.3) is 0 Å². The first-order valence-electron chi connectivity index (χ1n) is 10.1. The third-order valence-corrected chi connectivity index (χ3v) is 7.45. The van der Waals surface area contributed by atoms with Crippen molar-refractivity contribution in [2.75, 3.05) is 11.4 Å². The lowest BCUT2D eigenvalue weighted by Gasteiger charge is -2.26. The molecule has 160 valence electrons. The zero-order valence-electron chi connectivity index (χ0n) is 17.1. The van der Waals surface area contributed by atoms with Crippen molar-refractivity contribution >= 4 is 33.2 Å². The predicted molar refractivity (Wildman–Crippen MR) is 123 cm³/mol.